The fourth-order valence-corrected chi connectivity index (χ4v) is 2.65. The standard InChI is InChI=1S/C12H20O6/c1-10(2)14-5-7-8(17-10)9-12(13,16-7)6-15-11(3,4)18-9/h7-9,13H,5-6H2,1-4H3/t7-,8+,9-,12?/m0/s1. The van der Waals surface area contributed by atoms with E-state index in [0.717, 1.165) is 0 Å². The molecule has 3 aliphatic heterocycles. The van der Waals surface area contributed by atoms with Crippen molar-refractivity contribution in [2.45, 2.75) is 63.4 Å². The maximum Gasteiger partial charge on any atom is 0.219 e. The number of hydrogen-bond donors (Lipinski definition) is 1. The molecule has 1 N–H and O–H groups in total. The summed E-state index contributed by atoms with van der Waals surface area (Å²) in [4.78, 5) is 0. The Balaban J connectivity index is 1.86. The summed E-state index contributed by atoms with van der Waals surface area (Å²) in [6.45, 7) is 7.74. The van der Waals surface area contributed by atoms with Gasteiger partial charge in [0, 0.05) is 0 Å². The minimum absolute atomic E-state index is 0.0709. The molecular formula is C12H20O6. The fraction of sp³-hybridized carbons (Fsp3) is 1.00. The van der Waals surface area contributed by atoms with Crippen LogP contribution in [0.15, 0.2) is 0 Å². The lowest BCUT2D eigenvalue weighted by atomic mass is 10.0. The Morgan fingerprint density at radius 2 is 1.61 bits per heavy atom. The Kier molecular flexibility index (Phi) is 2.59. The summed E-state index contributed by atoms with van der Waals surface area (Å²) in [5.74, 6) is -2.89. The molecule has 0 aromatic rings. The van der Waals surface area contributed by atoms with Crippen molar-refractivity contribution in [3.8, 4) is 0 Å². The monoisotopic (exact) mass is 260 g/mol. The van der Waals surface area contributed by atoms with Gasteiger partial charge in [-0.15, -0.1) is 0 Å². The van der Waals surface area contributed by atoms with Crippen molar-refractivity contribution in [1.82, 2.24) is 0 Å². The van der Waals surface area contributed by atoms with E-state index >= 15 is 0 Å². The molecule has 6 nitrogen and oxygen atoms in total. The largest absolute Gasteiger partial charge is 0.362 e. The highest BCUT2D eigenvalue weighted by atomic mass is 16.8. The second kappa shape index (κ2) is 3.65. The van der Waals surface area contributed by atoms with Crippen molar-refractivity contribution in [3.05, 3.63) is 0 Å². The molecule has 6 heteroatoms. The van der Waals surface area contributed by atoms with E-state index in [2.05, 4.69) is 0 Å². The van der Waals surface area contributed by atoms with Crippen molar-refractivity contribution in [2.75, 3.05) is 13.2 Å². The van der Waals surface area contributed by atoms with E-state index in [-0.39, 0.29) is 18.8 Å². The van der Waals surface area contributed by atoms with Gasteiger partial charge in [0.2, 0.25) is 5.79 Å². The predicted molar refractivity (Wildman–Crippen MR) is 59.6 cm³/mol. The van der Waals surface area contributed by atoms with Crippen LogP contribution in [0.1, 0.15) is 27.7 Å². The normalized spacial score (nSPS) is 49.5. The summed E-state index contributed by atoms with van der Waals surface area (Å²) in [5, 5.41) is 10.4. The Morgan fingerprint density at radius 3 is 2.33 bits per heavy atom. The molecule has 0 aromatic heterocycles. The van der Waals surface area contributed by atoms with Crippen LogP contribution in [-0.4, -0.2) is 54.0 Å². The van der Waals surface area contributed by atoms with Crippen LogP contribution in [-0.2, 0) is 23.7 Å². The van der Waals surface area contributed by atoms with Gasteiger partial charge in [-0.1, -0.05) is 0 Å². The van der Waals surface area contributed by atoms with Crippen LogP contribution in [0.3, 0.4) is 0 Å². The summed E-state index contributed by atoms with van der Waals surface area (Å²) < 4.78 is 28.2. The molecule has 1 unspecified atom stereocenters. The van der Waals surface area contributed by atoms with E-state index in [9.17, 15) is 5.11 Å². The second-order valence-corrected chi connectivity index (χ2v) is 6.02. The molecule has 0 bridgehead atoms. The van der Waals surface area contributed by atoms with Crippen molar-refractivity contribution < 1.29 is 28.8 Å². The first-order chi connectivity index (χ1) is 8.21. The summed E-state index contributed by atoms with van der Waals surface area (Å²) in [5.41, 5.74) is 0. The predicted octanol–water partition coefficient (Wildman–Crippen LogP) is 0.377. The molecule has 0 saturated carbocycles. The van der Waals surface area contributed by atoms with Crippen molar-refractivity contribution in [2.24, 2.45) is 0 Å². The molecule has 0 aromatic carbocycles. The molecule has 3 rings (SSSR count). The van der Waals surface area contributed by atoms with E-state index in [1.807, 2.05) is 27.7 Å². The zero-order valence-corrected chi connectivity index (χ0v) is 11.1. The molecule has 0 amide bonds. The van der Waals surface area contributed by atoms with Gasteiger partial charge < -0.3 is 28.8 Å². The Hall–Kier alpha value is -0.240. The Labute approximate surface area is 106 Å². The van der Waals surface area contributed by atoms with Gasteiger partial charge in [0.25, 0.3) is 0 Å². The summed E-state index contributed by atoms with van der Waals surface area (Å²) in [6.07, 6.45) is -1.23. The van der Waals surface area contributed by atoms with Gasteiger partial charge >= 0.3 is 0 Å². The van der Waals surface area contributed by atoms with Gasteiger partial charge in [-0.25, -0.2) is 0 Å². The third kappa shape index (κ3) is 1.97. The van der Waals surface area contributed by atoms with Gasteiger partial charge in [0.1, 0.15) is 24.9 Å². The molecule has 3 aliphatic rings. The Morgan fingerprint density at radius 1 is 0.944 bits per heavy atom. The molecular weight excluding hydrogens is 240 g/mol. The van der Waals surface area contributed by atoms with Crippen LogP contribution >= 0.6 is 0 Å². The summed E-state index contributed by atoms with van der Waals surface area (Å²) in [7, 11) is 0. The molecule has 3 heterocycles. The van der Waals surface area contributed by atoms with E-state index in [0.29, 0.717) is 6.61 Å². The highest BCUT2D eigenvalue weighted by molar-refractivity contribution is 5.02. The number of aliphatic hydroxyl groups is 1. The Bertz CT molecular complexity index is 354. The molecule has 0 spiro atoms. The van der Waals surface area contributed by atoms with Crippen LogP contribution < -0.4 is 0 Å². The first-order valence-electron chi connectivity index (χ1n) is 6.25. The fourth-order valence-electron chi connectivity index (χ4n) is 2.65. The van der Waals surface area contributed by atoms with Gasteiger partial charge in [-0.05, 0) is 27.7 Å². The SMILES string of the molecule is CC1(C)OC[C@@H]2OC3(O)COC(C)(C)O[C@H]3[C@@H]2O1. The lowest BCUT2D eigenvalue weighted by molar-refractivity contribution is -0.380. The molecule has 0 radical (unpaired) electrons. The van der Waals surface area contributed by atoms with E-state index in [4.69, 9.17) is 23.7 Å². The number of fused-ring (bicyclic) bond motifs is 3. The van der Waals surface area contributed by atoms with Crippen molar-refractivity contribution in [3.63, 3.8) is 0 Å². The lowest BCUT2D eigenvalue weighted by Crippen LogP contribution is -2.60. The molecule has 104 valence electrons. The van der Waals surface area contributed by atoms with Crippen molar-refractivity contribution >= 4 is 0 Å². The van der Waals surface area contributed by atoms with Crippen LogP contribution in [0.2, 0.25) is 0 Å². The molecule has 0 aliphatic carbocycles. The topological polar surface area (TPSA) is 66.4 Å². The molecule has 18 heavy (non-hydrogen) atoms. The maximum atomic E-state index is 10.4. The highest BCUT2D eigenvalue weighted by Gasteiger charge is 2.63. The van der Waals surface area contributed by atoms with Crippen LogP contribution in [0, 0.1) is 0 Å². The number of ether oxygens (including phenoxy) is 5. The lowest BCUT2D eigenvalue weighted by Gasteiger charge is -2.44. The van der Waals surface area contributed by atoms with Gasteiger partial charge in [-0.3, -0.25) is 0 Å². The van der Waals surface area contributed by atoms with E-state index < -0.39 is 23.5 Å². The van der Waals surface area contributed by atoms with Crippen LogP contribution in [0.25, 0.3) is 0 Å². The number of hydrogen-bond acceptors (Lipinski definition) is 6. The second-order valence-electron chi connectivity index (χ2n) is 6.02. The average Bonchev–Trinajstić information content (AvgIpc) is 2.50. The quantitative estimate of drug-likeness (QED) is 0.679. The zero-order chi connectivity index (χ0) is 13.2. The van der Waals surface area contributed by atoms with Gasteiger partial charge in [0.15, 0.2) is 11.6 Å². The summed E-state index contributed by atoms with van der Waals surface area (Å²) >= 11 is 0. The van der Waals surface area contributed by atoms with Crippen molar-refractivity contribution in [1.29, 1.82) is 0 Å². The summed E-state index contributed by atoms with van der Waals surface area (Å²) in [6, 6.07) is 0. The van der Waals surface area contributed by atoms with E-state index in [1.54, 1.807) is 0 Å². The molecule has 4 atom stereocenters. The third-order valence-corrected chi connectivity index (χ3v) is 3.52. The number of rotatable bonds is 0. The van der Waals surface area contributed by atoms with Gasteiger partial charge in [0.05, 0.1) is 6.61 Å². The third-order valence-electron chi connectivity index (χ3n) is 3.52. The smallest absolute Gasteiger partial charge is 0.219 e. The minimum Gasteiger partial charge on any atom is -0.362 e. The average molecular weight is 260 g/mol. The van der Waals surface area contributed by atoms with E-state index in [1.165, 1.54) is 0 Å². The first kappa shape index (κ1) is 12.8. The highest BCUT2D eigenvalue weighted by Crippen LogP contribution is 2.43. The minimum atomic E-state index is -1.45. The molecule has 3 saturated heterocycles. The zero-order valence-electron chi connectivity index (χ0n) is 11.1. The molecule has 3 fully saturated rings. The van der Waals surface area contributed by atoms with Crippen LogP contribution in [0.5, 0.6) is 0 Å². The van der Waals surface area contributed by atoms with Crippen LogP contribution in [0.4, 0.5) is 0 Å². The first-order valence-corrected chi connectivity index (χ1v) is 6.25. The maximum absolute atomic E-state index is 10.4. The van der Waals surface area contributed by atoms with Gasteiger partial charge in [-0.2, -0.15) is 0 Å².